The summed E-state index contributed by atoms with van der Waals surface area (Å²) >= 11 is 12.9. The lowest BCUT2D eigenvalue weighted by Crippen LogP contribution is -2.22. The van der Waals surface area contributed by atoms with Crippen molar-refractivity contribution >= 4 is 51.5 Å². The summed E-state index contributed by atoms with van der Waals surface area (Å²) < 4.78 is 0. The fourth-order valence-electron chi connectivity index (χ4n) is 1.50. The van der Waals surface area contributed by atoms with E-state index in [9.17, 15) is 9.59 Å². The first-order valence-electron chi connectivity index (χ1n) is 5.82. The lowest BCUT2D eigenvalue weighted by Gasteiger charge is -2.07. The summed E-state index contributed by atoms with van der Waals surface area (Å²) in [6, 6.07) is 4.59. The molecule has 5 nitrogen and oxygen atoms in total. The van der Waals surface area contributed by atoms with Crippen LogP contribution in [0, 0.1) is 0 Å². The van der Waals surface area contributed by atoms with E-state index in [0.717, 1.165) is 0 Å². The van der Waals surface area contributed by atoms with Crippen molar-refractivity contribution in [1.82, 2.24) is 9.88 Å². The Hall–Kier alpha value is -1.63. The van der Waals surface area contributed by atoms with Crippen LogP contribution in [0.2, 0.25) is 10.0 Å². The highest BCUT2D eigenvalue weighted by Crippen LogP contribution is 2.23. The summed E-state index contributed by atoms with van der Waals surface area (Å²) in [5, 5.41) is 5.22. The van der Waals surface area contributed by atoms with Gasteiger partial charge in [0.15, 0.2) is 5.13 Å². The van der Waals surface area contributed by atoms with Gasteiger partial charge in [-0.25, -0.2) is 4.98 Å². The molecule has 0 aliphatic carbocycles. The first-order chi connectivity index (χ1) is 9.88. The number of anilines is 1. The Kier molecular flexibility index (Phi) is 4.82. The molecule has 0 atom stereocenters. The van der Waals surface area contributed by atoms with Gasteiger partial charge in [0.1, 0.15) is 5.69 Å². The van der Waals surface area contributed by atoms with Crippen LogP contribution in [-0.4, -0.2) is 35.8 Å². The molecule has 110 valence electrons. The molecule has 0 aliphatic heterocycles. The number of nitrogens with one attached hydrogen (secondary N) is 1. The first kappa shape index (κ1) is 15.8. The molecule has 2 aromatic rings. The van der Waals surface area contributed by atoms with Crippen molar-refractivity contribution in [2.75, 3.05) is 19.4 Å². The van der Waals surface area contributed by atoms with Gasteiger partial charge in [-0.15, -0.1) is 11.3 Å². The van der Waals surface area contributed by atoms with Crippen molar-refractivity contribution in [3.8, 4) is 0 Å². The Morgan fingerprint density at radius 3 is 2.62 bits per heavy atom. The van der Waals surface area contributed by atoms with E-state index in [0.29, 0.717) is 10.2 Å². The van der Waals surface area contributed by atoms with E-state index in [1.807, 2.05) is 0 Å². The Morgan fingerprint density at radius 1 is 1.29 bits per heavy atom. The lowest BCUT2D eigenvalue weighted by molar-refractivity contribution is 0.0822. The molecule has 2 amide bonds. The van der Waals surface area contributed by atoms with Gasteiger partial charge in [-0.1, -0.05) is 23.2 Å². The smallest absolute Gasteiger partial charge is 0.272 e. The van der Waals surface area contributed by atoms with E-state index in [2.05, 4.69) is 10.3 Å². The molecule has 1 aromatic heterocycles. The number of benzene rings is 1. The number of hydrogen-bond acceptors (Lipinski definition) is 4. The Balaban J connectivity index is 2.15. The van der Waals surface area contributed by atoms with E-state index in [-0.39, 0.29) is 22.2 Å². The highest BCUT2D eigenvalue weighted by molar-refractivity contribution is 7.14. The average molecular weight is 344 g/mol. The predicted octanol–water partition coefficient (Wildman–Crippen LogP) is 3.40. The molecule has 0 bridgehead atoms. The summed E-state index contributed by atoms with van der Waals surface area (Å²) in [4.78, 5) is 29.3. The molecular formula is C13H11Cl2N3O2S. The molecule has 0 radical (unpaired) electrons. The lowest BCUT2D eigenvalue weighted by atomic mass is 10.2. The fourth-order valence-corrected chi connectivity index (χ4v) is 2.67. The standard InChI is InChI=1S/C13H11Cl2N3O2S/c1-18(2)12(20)10-6-21-13(16-10)17-11(19)8-4-3-7(14)5-9(8)15/h3-6H,1-2H3,(H,16,17,19). The van der Waals surface area contributed by atoms with Gasteiger partial charge in [-0.05, 0) is 18.2 Å². The van der Waals surface area contributed by atoms with Crippen LogP contribution in [-0.2, 0) is 0 Å². The quantitative estimate of drug-likeness (QED) is 0.928. The third-order valence-electron chi connectivity index (χ3n) is 2.53. The third-order valence-corrected chi connectivity index (χ3v) is 3.83. The molecule has 1 aromatic carbocycles. The second-order valence-electron chi connectivity index (χ2n) is 4.32. The SMILES string of the molecule is CN(C)C(=O)c1csc(NC(=O)c2ccc(Cl)cc2Cl)n1. The zero-order valence-corrected chi connectivity index (χ0v) is 13.5. The highest BCUT2D eigenvalue weighted by atomic mass is 35.5. The number of hydrogen-bond donors (Lipinski definition) is 1. The second kappa shape index (κ2) is 6.43. The van der Waals surface area contributed by atoms with Crippen molar-refractivity contribution in [1.29, 1.82) is 0 Å². The number of nitrogens with zero attached hydrogens (tertiary/aromatic N) is 2. The third kappa shape index (κ3) is 3.72. The van der Waals surface area contributed by atoms with Crippen molar-refractivity contribution in [3.05, 3.63) is 44.9 Å². The van der Waals surface area contributed by atoms with Gasteiger partial charge in [0.05, 0.1) is 10.6 Å². The van der Waals surface area contributed by atoms with Crippen LogP contribution in [0.5, 0.6) is 0 Å². The number of carbonyl (C=O) groups excluding carboxylic acids is 2. The maximum Gasteiger partial charge on any atom is 0.272 e. The van der Waals surface area contributed by atoms with Crippen LogP contribution in [0.4, 0.5) is 5.13 Å². The van der Waals surface area contributed by atoms with Gasteiger partial charge in [0.25, 0.3) is 11.8 Å². The fraction of sp³-hybridized carbons (Fsp3) is 0.154. The van der Waals surface area contributed by atoms with Gasteiger partial charge in [-0.2, -0.15) is 0 Å². The number of amides is 2. The van der Waals surface area contributed by atoms with E-state index in [1.165, 1.54) is 28.4 Å². The van der Waals surface area contributed by atoms with Gasteiger partial charge in [0, 0.05) is 24.5 Å². The van der Waals surface area contributed by atoms with Crippen LogP contribution < -0.4 is 5.32 Å². The van der Waals surface area contributed by atoms with E-state index in [1.54, 1.807) is 25.5 Å². The summed E-state index contributed by atoms with van der Waals surface area (Å²) in [7, 11) is 3.26. The minimum absolute atomic E-state index is 0.226. The number of thiazole rings is 1. The number of rotatable bonds is 3. The van der Waals surface area contributed by atoms with Crippen molar-refractivity contribution < 1.29 is 9.59 Å². The summed E-state index contributed by atoms with van der Waals surface area (Å²) in [6.07, 6.45) is 0. The maximum atomic E-state index is 12.1. The van der Waals surface area contributed by atoms with Crippen LogP contribution in [0.15, 0.2) is 23.6 Å². The van der Waals surface area contributed by atoms with E-state index >= 15 is 0 Å². The van der Waals surface area contributed by atoms with Crippen LogP contribution in [0.3, 0.4) is 0 Å². The minimum Gasteiger partial charge on any atom is -0.343 e. The largest absolute Gasteiger partial charge is 0.343 e. The minimum atomic E-state index is -0.408. The molecule has 0 aliphatic rings. The molecule has 21 heavy (non-hydrogen) atoms. The molecule has 0 unspecified atom stereocenters. The van der Waals surface area contributed by atoms with E-state index in [4.69, 9.17) is 23.2 Å². The Bertz CT molecular complexity index is 700. The number of halogens is 2. The molecule has 2 rings (SSSR count). The summed E-state index contributed by atoms with van der Waals surface area (Å²) in [6.45, 7) is 0. The van der Waals surface area contributed by atoms with Gasteiger partial charge < -0.3 is 4.90 Å². The molecule has 8 heteroatoms. The van der Waals surface area contributed by atoms with Gasteiger partial charge >= 0.3 is 0 Å². The Morgan fingerprint density at radius 2 is 2.00 bits per heavy atom. The van der Waals surface area contributed by atoms with Crippen LogP contribution in [0.1, 0.15) is 20.8 Å². The topological polar surface area (TPSA) is 62.3 Å². The van der Waals surface area contributed by atoms with Gasteiger partial charge in [-0.3, -0.25) is 14.9 Å². The van der Waals surface area contributed by atoms with Crippen LogP contribution >= 0.6 is 34.5 Å². The van der Waals surface area contributed by atoms with Crippen molar-refractivity contribution in [2.24, 2.45) is 0 Å². The van der Waals surface area contributed by atoms with E-state index < -0.39 is 5.91 Å². The van der Waals surface area contributed by atoms with Gasteiger partial charge in [0.2, 0.25) is 0 Å². The second-order valence-corrected chi connectivity index (χ2v) is 6.02. The average Bonchev–Trinajstić information content (AvgIpc) is 2.85. The zero-order chi connectivity index (χ0) is 15.6. The maximum absolute atomic E-state index is 12.1. The summed E-state index contributed by atoms with van der Waals surface area (Å²) in [5.41, 5.74) is 0.569. The normalized spacial score (nSPS) is 10.3. The van der Waals surface area contributed by atoms with Crippen molar-refractivity contribution in [3.63, 3.8) is 0 Å². The number of carbonyl (C=O) groups is 2. The van der Waals surface area contributed by atoms with Crippen LogP contribution in [0.25, 0.3) is 0 Å². The Labute approximate surface area is 135 Å². The number of aromatic nitrogens is 1. The molecule has 0 saturated carbocycles. The summed E-state index contributed by atoms with van der Waals surface area (Å²) in [5.74, 6) is -0.633. The highest BCUT2D eigenvalue weighted by Gasteiger charge is 2.16. The predicted molar refractivity (Wildman–Crippen MR) is 84.5 cm³/mol. The molecule has 0 spiro atoms. The molecular weight excluding hydrogens is 333 g/mol. The molecule has 1 N–H and O–H groups in total. The van der Waals surface area contributed by atoms with Crippen molar-refractivity contribution in [2.45, 2.75) is 0 Å². The molecule has 1 heterocycles. The molecule has 0 saturated heterocycles. The molecule has 0 fully saturated rings. The zero-order valence-electron chi connectivity index (χ0n) is 11.2. The monoisotopic (exact) mass is 343 g/mol. The first-order valence-corrected chi connectivity index (χ1v) is 7.45.